The van der Waals surface area contributed by atoms with Crippen molar-refractivity contribution in [1.29, 1.82) is 0 Å². The smallest absolute Gasteiger partial charge is 0.225 e. The summed E-state index contributed by atoms with van der Waals surface area (Å²) in [4.78, 5) is 23.2. The van der Waals surface area contributed by atoms with Gasteiger partial charge in [-0.2, -0.15) is 11.8 Å². The van der Waals surface area contributed by atoms with E-state index in [2.05, 4.69) is 34.2 Å². The van der Waals surface area contributed by atoms with Crippen molar-refractivity contribution in [2.24, 2.45) is 10.9 Å². The SMILES string of the molecule is CN=C(NCC1(N(C)C)CCSC1)N1CCN(C(=O)C(C)C)CC1. The number of hydrogen-bond donors (Lipinski definition) is 1. The van der Waals surface area contributed by atoms with E-state index < -0.39 is 0 Å². The molecule has 0 aromatic heterocycles. The molecule has 1 N–H and O–H groups in total. The lowest BCUT2D eigenvalue weighted by Crippen LogP contribution is -2.58. The number of hydrogen-bond acceptors (Lipinski definition) is 4. The van der Waals surface area contributed by atoms with Crippen molar-refractivity contribution < 1.29 is 4.79 Å². The molecule has 0 saturated carbocycles. The Kier molecular flexibility index (Phi) is 6.80. The molecule has 1 amide bonds. The Morgan fingerprint density at radius 1 is 1.25 bits per heavy atom. The predicted molar refractivity (Wildman–Crippen MR) is 103 cm³/mol. The van der Waals surface area contributed by atoms with Crippen molar-refractivity contribution in [3.05, 3.63) is 0 Å². The molecule has 0 aromatic rings. The third-order valence-electron chi connectivity index (χ3n) is 5.20. The van der Waals surface area contributed by atoms with Gasteiger partial charge in [0.2, 0.25) is 5.91 Å². The van der Waals surface area contributed by atoms with E-state index >= 15 is 0 Å². The monoisotopic (exact) mass is 355 g/mol. The lowest BCUT2D eigenvalue weighted by atomic mass is 9.97. The fraction of sp³-hybridized carbons (Fsp3) is 0.882. The topological polar surface area (TPSA) is 51.2 Å². The summed E-state index contributed by atoms with van der Waals surface area (Å²) in [7, 11) is 6.19. The molecular formula is C17H33N5OS. The van der Waals surface area contributed by atoms with E-state index in [0.717, 1.165) is 38.7 Å². The zero-order valence-corrected chi connectivity index (χ0v) is 16.7. The quantitative estimate of drug-likeness (QED) is 0.597. The van der Waals surface area contributed by atoms with Crippen LogP contribution in [-0.2, 0) is 4.79 Å². The summed E-state index contributed by atoms with van der Waals surface area (Å²) in [6.07, 6.45) is 1.21. The fourth-order valence-electron chi connectivity index (χ4n) is 3.33. The molecule has 6 nitrogen and oxygen atoms in total. The minimum absolute atomic E-state index is 0.0776. The lowest BCUT2D eigenvalue weighted by molar-refractivity contribution is -0.135. The number of nitrogens with zero attached hydrogens (tertiary/aromatic N) is 4. The van der Waals surface area contributed by atoms with Gasteiger partial charge in [0.15, 0.2) is 5.96 Å². The van der Waals surface area contributed by atoms with Gasteiger partial charge in [-0.15, -0.1) is 0 Å². The minimum Gasteiger partial charge on any atom is -0.354 e. The molecule has 0 aliphatic carbocycles. The van der Waals surface area contributed by atoms with Crippen molar-refractivity contribution in [3.63, 3.8) is 0 Å². The molecule has 1 unspecified atom stereocenters. The fourth-order valence-corrected chi connectivity index (χ4v) is 4.88. The zero-order chi connectivity index (χ0) is 17.7. The van der Waals surface area contributed by atoms with Crippen molar-refractivity contribution in [3.8, 4) is 0 Å². The van der Waals surface area contributed by atoms with Crippen LogP contribution in [0.1, 0.15) is 20.3 Å². The van der Waals surface area contributed by atoms with Crippen molar-refractivity contribution in [2.45, 2.75) is 25.8 Å². The highest BCUT2D eigenvalue weighted by atomic mass is 32.2. The maximum atomic E-state index is 12.1. The van der Waals surface area contributed by atoms with Crippen LogP contribution in [0.5, 0.6) is 0 Å². The molecule has 2 aliphatic heterocycles. The van der Waals surface area contributed by atoms with Gasteiger partial charge in [-0.1, -0.05) is 13.8 Å². The molecule has 2 heterocycles. The van der Waals surface area contributed by atoms with Gasteiger partial charge < -0.3 is 20.0 Å². The number of nitrogens with one attached hydrogen (secondary N) is 1. The van der Waals surface area contributed by atoms with Crippen molar-refractivity contribution in [1.82, 2.24) is 20.0 Å². The average Bonchev–Trinajstić information content (AvgIpc) is 3.05. The van der Waals surface area contributed by atoms with E-state index in [1.807, 2.05) is 37.6 Å². The number of guanidine groups is 1. The summed E-state index contributed by atoms with van der Waals surface area (Å²) in [5.74, 6) is 3.69. The van der Waals surface area contributed by atoms with Crippen LogP contribution in [0.3, 0.4) is 0 Å². The molecule has 0 spiro atoms. The summed E-state index contributed by atoms with van der Waals surface area (Å²) >= 11 is 2.03. The molecule has 2 saturated heterocycles. The maximum Gasteiger partial charge on any atom is 0.225 e. The third-order valence-corrected chi connectivity index (χ3v) is 6.44. The molecule has 1 atom stereocenters. The predicted octanol–water partition coefficient (Wildman–Crippen LogP) is 0.799. The summed E-state index contributed by atoms with van der Waals surface area (Å²) in [6, 6.07) is 0. The van der Waals surface area contributed by atoms with Gasteiger partial charge in [0.05, 0.1) is 0 Å². The summed E-state index contributed by atoms with van der Waals surface area (Å²) in [5.41, 5.74) is 0.218. The number of aliphatic imine (C=N–C) groups is 1. The molecule has 2 rings (SSSR count). The van der Waals surface area contributed by atoms with Crippen LogP contribution >= 0.6 is 11.8 Å². The Labute approximate surface area is 151 Å². The Balaban J connectivity index is 1.88. The van der Waals surface area contributed by atoms with E-state index in [9.17, 15) is 4.79 Å². The second-order valence-corrected chi connectivity index (χ2v) is 8.39. The largest absolute Gasteiger partial charge is 0.354 e. The first kappa shape index (κ1) is 19.4. The standard InChI is InChI=1S/C17H33N5OS/c1-14(2)15(23)21-7-9-22(10-8-21)16(18-3)19-12-17(20(4)5)6-11-24-13-17/h14H,6-13H2,1-5H3,(H,18,19). The van der Waals surface area contributed by atoms with Gasteiger partial charge in [0, 0.05) is 57.0 Å². The number of carbonyl (C=O) groups is 1. The highest BCUT2D eigenvalue weighted by molar-refractivity contribution is 7.99. The van der Waals surface area contributed by atoms with E-state index in [0.29, 0.717) is 0 Å². The van der Waals surface area contributed by atoms with Crippen LogP contribution < -0.4 is 5.32 Å². The van der Waals surface area contributed by atoms with Gasteiger partial charge in [-0.25, -0.2) is 0 Å². The number of thioether (sulfide) groups is 1. The van der Waals surface area contributed by atoms with Crippen LogP contribution in [0, 0.1) is 5.92 Å². The second kappa shape index (κ2) is 8.43. The van der Waals surface area contributed by atoms with E-state index in [1.54, 1.807) is 0 Å². The first-order valence-electron chi connectivity index (χ1n) is 8.89. The van der Waals surface area contributed by atoms with Crippen LogP contribution in [0.15, 0.2) is 4.99 Å². The first-order chi connectivity index (χ1) is 11.4. The highest BCUT2D eigenvalue weighted by Gasteiger charge is 2.37. The Morgan fingerprint density at radius 3 is 2.33 bits per heavy atom. The number of rotatable bonds is 4. The van der Waals surface area contributed by atoms with Gasteiger partial charge in [0.1, 0.15) is 0 Å². The van der Waals surface area contributed by atoms with E-state index in [4.69, 9.17) is 0 Å². The molecule has 24 heavy (non-hydrogen) atoms. The Hall–Kier alpha value is -0.950. The van der Waals surface area contributed by atoms with Crippen LogP contribution in [-0.4, -0.2) is 97.5 Å². The second-order valence-electron chi connectivity index (χ2n) is 7.29. The lowest BCUT2D eigenvalue weighted by Gasteiger charge is -2.40. The zero-order valence-electron chi connectivity index (χ0n) is 15.8. The number of likely N-dealkylation sites (N-methyl/N-ethyl adjacent to an activating group) is 1. The molecule has 0 bridgehead atoms. The summed E-state index contributed by atoms with van der Waals surface area (Å²) < 4.78 is 0. The minimum atomic E-state index is 0.0776. The van der Waals surface area contributed by atoms with Crippen LogP contribution in [0.25, 0.3) is 0 Å². The molecular weight excluding hydrogens is 322 g/mol. The highest BCUT2D eigenvalue weighted by Crippen LogP contribution is 2.31. The van der Waals surface area contributed by atoms with Crippen molar-refractivity contribution >= 4 is 23.6 Å². The molecule has 138 valence electrons. The Morgan fingerprint density at radius 2 is 1.88 bits per heavy atom. The number of amides is 1. The van der Waals surface area contributed by atoms with Gasteiger partial charge in [0.25, 0.3) is 0 Å². The summed E-state index contributed by atoms with van der Waals surface area (Å²) in [6.45, 7) is 8.12. The molecule has 0 radical (unpaired) electrons. The van der Waals surface area contributed by atoms with Crippen LogP contribution in [0.2, 0.25) is 0 Å². The molecule has 2 fully saturated rings. The van der Waals surface area contributed by atoms with Gasteiger partial charge in [-0.05, 0) is 26.3 Å². The molecule has 2 aliphatic rings. The van der Waals surface area contributed by atoms with Gasteiger partial charge >= 0.3 is 0 Å². The molecule has 7 heteroatoms. The van der Waals surface area contributed by atoms with E-state index in [1.165, 1.54) is 17.9 Å². The summed E-state index contributed by atoms with van der Waals surface area (Å²) in [5, 5.41) is 3.59. The maximum absolute atomic E-state index is 12.1. The average molecular weight is 356 g/mol. The van der Waals surface area contributed by atoms with Gasteiger partial charge in [-0.3, -0.25) is 9.79 Å². The third kappa shape index (κ3) is 4.36. The Bertz CT molecular complexity index is 452. The van der Waals surface area contributed by atoms with E-state index in [-0.39, 0.29) is 17.4 Å². The number of carbonyl (C=O) groups excluding carboxylic acids is 1. The van der Waals surface area contributed by atoms with Crippen molar-refractivity contribution in [2.75, 3.05) is 65.4 Å². The molecule has 0 aromatic carbocycles. The first-order valence-corrected chi connectivity index (χ1v) is 10.0. The van der Waals surface area contributed by atoms with Crippen LogP contribution in [0.4, 0.5) is 0 Å². The normalized spacial score (nSPS) is 25.7. The number of piperazine rings is 1.